The van der Waals surface area contributed by atoms with Crippen LogP contribution in [-0.4, -0.2) is 6.61 Å². The van der Waals surface area contributed by atoms with E-state index in [1.165, 1.54) is 0 Å². The van der Waals surface area contributed by atoms with Crippen LogP contribution in [0, 0.1) is 0 Å². The highest BCUT2D eigenvalue weighted by atomic mass is 35.5. The van der Waals surface area contributed by atoms with Crippen LogP contribution in [0.1, 0.15) is 18.0 Å². The lowest BCUT2D eigenvalue weighted by Crippen LogP contribution is -2.21. The Bertz CT molecular complexity index is 341. The first kappa shape index (κ1) is 9.13. The standard InChI is InChI=1S/C9H9Cl2NO/c10-5-1-2-6(11)9-8(5)7(12)3-4-13-9/h1-2,7H,3-4,12H2. The Hall–Kier alpha value is -0.440. The summed E-state index contributed by atoms with van der Waals surface area (Å²) >= 11 is 11.9. The molecule has 0 bridgehead atoms. The van der Waals surface area contributed by atoms with E-state index >= 15 is 0 Å². The molecule has 0 radical (unpaired) electrons. The Morgan fingerprint density at radius 3 is 2.69 bits per heavy atom. The van der Waals surface area contributed by atoms with Gasteiger partial charge in [0.15, 0.2) is 0 Å². The minimum Gasteiger partial charge on any atom is -0.492 e. The van der Waals surface area contributed by atoms with Gasteiger partial charge >= 0.3 is 0 Å². The second kappa shape index (κ2) is 3.37. The zero-order valence-electron chi connectivity index (χ0n) is 6.89. The molecule has 0 saturated heterocycles. The van der Waals surface area contributed by atoms with E-state index in [0.717, 1.165) is 12.0 Å². The van der Waals surface area contributed by atoms with Crippen molar-refractivity contribution < 1.29 is 4.74 Å². The first-order valence-corrected chi connectivity index (χ1v) is 4.82. The predicted molar refractivity (Wildman–Crippen MR) is 53.5 cm³/mol. The summed E-state index contributed by atoms with van der Waals surface area (Å²) in [6.07, 6.45) is 0.785. The van der Waals surface area contributed by atoms with Gasteiger partial charge in [0, 0.05) is 23.0 Å². The topological polar surface area (TPSA) is 35.2 Å². The molecule has 0 saturated carbocycles. The van der Waals surface area contributed by atoms with Gasteiger partial charge in [0.25, 0.3) is 0 Å². The van der Waals surface area contributed by atoms with Crippen molar-refractivity contribution >= 4 is 23.2 Å². The van der Waals surface area contributed by atoms with Crippen LogP contribution in [0.15, 0.2) is 12.1 Å². The molecule has 0 spiro atoms. The van der Waals surface area contributed by atoms with Gasteiger partial charge in [0.2, 0.25) is 0 Å². The number of ether oxygens (including phenoxy) is 1. The summed E-state index contributed by atoms with van der Waals surface area (Å²) in [7, 11) is 0. The highest BCUT2D eigenvalue weighted by Gasteiger charge is 2.23. The molecule has 1 aromatic rings. The Labute approximate surface area is 86.6 Å². The van der Waals surface area contributed by atoms with Crippen LogP contribution in [0.4, 0.5) is 0 Å². The summed E-state index contributed by atoms with van der Waals surface area (Å²) < 4.78 is 5.41. The minimum absolute atomic E-state index is 0.0602. The van der Waals surface area contributed by atoms with Gasteiger partial charge in [0.1, 0.15) is 5.75 Å². The lowest BCUT2D eigenvalue weighted by molar-refractivity contribution is 0.269. The Morgan fingerprint density at radius 2 is 2.00 bits per heavy atom. The van der Waals surface area contributed by atoms with Crippen LogP contribution >= 0.6 is 23.2 Å². The molecule has 0 amide bonds. The Kier molecular flexibility index (Phi) is 2.37. The third-order valence-electron chi connectivity index (χ3n) is 2.14. The van der Waals surface area contributed by atoms with E-state index in [4.69, 9.17) is 33.7 Å². The predicted octanol–water partition coefficient (Wildman–Crippen LogP) is 2.78. The monoisotopic (exact) mass is 217 g/mol. The molecule has 2 nitrogen and oxygen atoms in total. The third kappa shape index (κ3) is 1.50. The summed E-state index contributed by atoms with van der Waals surface area (Å²) in [5, 5.41) is 1.21. The van der Waals surface area contributed by atoms with Crippen molar-refractivity contribution in [2.45, 2.75) is 12.5 Å². The lowest BCUT2D eigenvalue weighted by atomic mass is 10.0. The van der Waals surface area contributed by atoms with Crippen molar-refractivity contribution in [3.63, 3.8) is 0 Å². The van der Waals surface area contributed by atoms with Crippen LogP contribution < -0.4 is 10.5 Å². The number of fused-ring (bicyclic) bond motifs is 1. The summed E-state index contributed by atoms with van der Waals surface area (Å²) in [4.78, 5) is 0. The van der Waals surface area contributed by atoms with Crippen LogP contribution in [-0.2, 0) is 0 Å². The molecule has 1 aliphatic rings. The number of hydrogen-bond acceptors (Lipinski definition) is 2. The summed E-state index contributed by atoms with van der Waals surface area (Å²) in [6.45, 7) is 0.605. The Balaban J connectivity index is 2.60. The summed E-state index contributed by atoms with van der Waals surface area (Å²) in [5.41, 5.74) is 6.73. The molecular formula is C9H9Cl2NO. The van der Waals surface area contributed by atoms with Crippen molar-refractivity contribution in [3.8, 4) is 5.75 Å². The fraction of sp³-hybridized carbons (Fsp3) is 0.333. The fourth-order valence-electron chi connectivity index (χ4n) is 1.47. The van der Waals surface area contributed by atoms with Crippen LogP contribution in [0.2, 0.25) is 10.0 Å². The second-order valence-electron chi connectivity index (χ2n) is 3.02. The van der Waals surface area contributed by atoms with E-state index in [0.29, 0.717) is 22.4 Å². The largest absolute Gasteiger partial charge is 0.492 e. The SMILES string of the molecule is NC1CCOc2c(Cl)ccc(Cl)c21. The molecule has 2 N–H and O–H groups in total. The lowest BCUT2D eigenvalue weighted by Gasteiger charge is -2.24. The molecule has 1 atom stereocenters. The Morgan fingerprint density at radius 1 is 1.31 bits per heavy atom. The van der Waals surface area contributed by atoms with Crippen LogP contribution in [0.25, 0.3) is 0 Å². The normalized spacial score (nSPS) is 20.7. The molecule has 4 heteroatoms. The van der Waals surface area contributed by atoms with Gasteiger partial charge in [-0.05, 0) is 12.1 Å². The maximum absolute atomic E-state index is 5.99. The fourth-order valence-corrected chi connectivity index (χ4v) is 1.98. The molecule has 2 rings (SSSR count). The maximum atomic E-state index is 5.99. The molecule has 1 unspecified atom stereocenters. The number of hydrogen-bond donors (Lipinski definition) is 1. The zero-order chi connectivity index (χ0) is 9.42. The molecule has 1 aliphatic heterocycles. The molecule has 1 aromatic carbocycles. The van der Waals surface area contributed by atoms with E-state index < -0.39 is 0 Å². The van der Waals surface area contributed by atoms with Crippen LogP contribution in [0.3, 0.4) is 0 Å². The van der Waals surface area contributed by atoms with Crippen molar-refractivity contribution in [3.05, 3.63) is 27.7 Å². The smallest absolute Gasteiger partial charge is 0.144 e. The first-order valence-electron chi connectivity index (χ1n) is 4.06. The average Bonchev–Trinajstić information content (AvgIpc) is 2.12. The first-order chi connectivity index (χ1) is 6.20. The van der Waals surface area contributed by atoms with Crippen LogP contribution in [0.5, 0.6) is 5.75 Å². The summed E-state index contributed by atoms with van der Waals surface area (Å²) in [6, 6.07) is 3.41. The molecule has 0 fully saturated rings. The number of halogens is 2. The average molecular weight is 218 g/mol. The number of rotatable bonds is 0. The van der Waals surface area contributed by atoms with Gasteiger partial charge in [-0.1, -0.05) is 23.2 Å². The van der Waals surface area contributed by atoms with Gasteiger partial charge in [0.05, 0.1) is 11.6 Å². The highest BCUT2D eigenvalue weighted by Crippen LogP contribution is 2.40. The molecular weight excluding hydrogens is 209 g/mol. The van der Waals surface area contributed by atoms with Gasteiger partial charge in [-0.3, -0.25) is 0 Å². The van der Waals surface area contributed by atoms with E-state index in [1.807, 2.05) is 0 Å². The van der Waals surface area contributed by atoms with E-state index in [1.54, 1.807) is 12.1 Å². The zero-order valence-corrected chi connectivity index (χ0v) is 8.40. The van der Waals surface area contributed by atoms with Gasteiger partial charge in [-0.15, -0.1) is 0 Å². The molecule has 70 valence electrons. The van der Waals surface area contributed by atoms with Gasteiger partial charge in [-0.2, -0.15) is 0 Å². The molecule has 0 aliphatic carbocycles. The van der Waals surface area contributed by atoms with E-state index in [9.17, 15) is 0 Å². The molecule has 0 aromatic heterocycles. The van der Waals surface area contributed by atoms with Gasteiger partial charge in [-0.25, -0.2) is 0 Å². The van der Waals surface area contributed by atoms with Gasteiger partial charge < -0.3 is 10.5 Å². The quantitative estimate of drug-likeness (QED) is 0.726. The third-order valence-corrected chi connectivity index (χ3v) is 2.77. The number of nitrogens with two attached hydrogens (primary N) is 1. The highest BCUT2D eigenvalue weighted by molar-refractivity contribution is 6.35. The van der Waals surface area contributed by atoms with E-state index in [2.05, 4.69) is 0 Å². The molecule has 1 heterocycles. The van der Waals surface area contributed by atoms with Crippen molar-refractivity contribution in [2.75, 3.05) is 6.61 Å². The molecule has 13 heavy (non-hydrogen) atoms. The minimum atomic E-state index is -0.0602. The van der Waals surface area contributed by atoms with Crippen molar-refractivity contribution in [1.82, 2.24) is 0 Å². The van der Waals surface area contributed by atoms with Crippen molar-refractivity contribution in [2.24, 2.45) is 5.73 Å². The van der Waals surface area contributed by atoms with Crippen molar-refractivity contribution in [1.29, 1.82) is 0 Å². The maximum Gasteiger partial charge on any atom is 0.144 e. The van der Waals surface area contributed by atoms with E-state index in [-0.39, 0.29) is 6.04 Å². The summed E-state index contributed by atoms with van der Waals surface area (Å²) in [5.74, 6) is 0.646. The number of benzene rings is 1. The second-order valence-corrected chi connectivity index (χ2v) is 3.83.